The standard InChI is InChI=1S/C13H20/c1-2-4-6-8-10-12-13-11-9-7-5-3-1/h1-4,7,9H,5-6,8,10-13H2/b3-1+,4-2+,9-7?. The first kappa shape index (κ1) is 10.3. The molecular formula is C13H20. The van der Waals surface area contributed by atoms with Crippen LogP contribution in [0.5, 0.6) is 0 Å². The van der Waals surface area contributed by atoms with E-state index in [1.165, 1.54) is 38.5 Å². The topological polar surface area (TPSA) is 0 Å². The molecule has 0 amide bonds. The van der Waals surface area contributed by atoms with Gasteiger partial charge in [-0.2, -0.15) is 0 Å². The molecule has 0 aliphatic heterocycles. The normalized spacial score (nSPS) is 25.2. The molecule has 0 N–H and O–H groups in total. The summed E-state index contributed by atoms with van der Waals surface area (Å²) in [6.07, 6.45) is 22.5. The summed E-state index contributed by atoms with van der Waals surface area (Å²) in [5.74, 6) is 0. The highest BCUT2D eigenvalue weighted by molar-refractivity contribution is 5.04. The van der Waals surface area contributed by atoms with Gasteiger partial charge in [-0.25, -0.2) is 0 Å². The highest BCUT2D eigenvalue weighted by Crippen LogP contribution is 2.07. The molecule has 0 fully saturated rings. The largest absolute Gasteiger partial charge is 0.0882 e. The molecule has 0 heteroatoms. The average Bonchev–Trinajstić information content (AvgIpc) is 2.18. The lowest BCUT2D eigenvalue weighted by atomic mass is 10.1. The van der Waals surface area contributed by atoms with Crippen LogP contribution in [0.3, 0.4) is 0 Å². The Morgan fingerprint density at radius 3 is 2.08 bits per heavy atom. The lowest BCUT2D eigenvalue weighted by molar-refractivity contribution is 0.652. The van der Waals surface area contributed by atoms with E-state index in [4.69, 9.17) is 0 Å². The molecule has 72 valence electrons. The Balaban J connectivity index is 2.29. The Morgan fingerprint density at radius 2 is 1.23 bits per heavy atom. The van der Waals surface area contributed by atoms with Gasteiger partial charge < -0.3 is 0 Å². The second-order valence-electron chi connectivity index (χ2n) is 3.55. The quantitative estimate of drug-likeness (QED) is 0.480. The summed E-state index contributed by atoms with van der Waals surface area (Å²) in [6, 6.07) is 0. The van der Waals surface area contributed by atoms with Crippen LogP contribution in [0.4, 0.5) is 0 Å². The van der Waals surface area contributed by atoms with Crippen LogP contribution in [0, 0.1) is 0 Å². The van der Waals surface area contributed by atoms with E-state index in [1.807, 2.05) is 0 Å². The third-order valence-electron chi connectivity index (χ3n) is 2.31. The maximum absolute atomic E-state index is 2.31. The van der Waals surface area contributed by atoms with Gasteiger partial charge in [0.2, 0.25) is 0 Å². The van der Waals surface area contributed by atoms with Gasteiger partial charge in [0.15, 0.2) is 0 Å². The van der Waals surface area contributed by atoms with Crippen LogP contribution >= 0.6 is 0 Å². The Labute approximate surface area is 82.0 Å². The zero-order chi connectivity index (χ0) is 9.19. The van der Waals surface area contributed by atoms with E-state index >= 15 is 0 Å². The highest BCUT2D eigenvalue weighted by Gasteiger charge is 1.87. The third kappa shape index (κ3) is 6.39. The Morgan fingerprint density at radius 1 is 0.538 bits per heavy atom. The van der Waals surface area contributed by atoms with Crippen molar-refractivity contribution in [1.29, 1.82) is 0 Å². The first-order chi connectivity index (χ1) is 6.50. The maximum atomic E-state index is 2.31. The van der Waals surface area contributed by atoms with E-state index in [0.717, 1.165) is 6.42 Å². The Hall–Kier alpha value is -0.780. The minimum Gasteiger partial charge on any atom is -0.0882 e. The summed E-state index contributed by atoms with van der Waals surface area (Å²) < 4.78 is 0. The van der Waals surface area contributed by atoms with E-state index in [-0.39, 0.29) is 0 Å². The molecule has 0 saturated heterocycles. The fourth-order valence-electron chi connectivity index (χ4n) is 1.50. The number of hydrogen-bond acceptors (Lipinski definition) is 0. The fourth-order valence-corrected chi connectivity index (χ4v) is 1.50. The van der Waals surface area contributed by atoms with Crippen LogP contribution in [-0.4, -0.2) is 0 Å². The highest BCUT2D eigenvalue weighted by atomic mass is 13.9. The first-order valence-electron chi connectivity index (χ1n) is 5.47. The third-order valence-corrected chi connectivity index (χ3v) is 2.31. The second kappa shape index (κ2) is 7.85. The Bertz CT molecular complexity index is 184. The van der Waals surface area contributed by atoms with Crippen molar-refractivity contribution in [2.75, 3.05) is 0 Å². The van der Waals surface area contributed by atoms with E-state index < -0.39 is 0 Å². The first-order valence-corrected chi connectivity index (χ1v) is 5.47. The number of rotatable bonds is 0. The zero-order valence-electron chi connectivity index (χ0n) is 8.41. The van der Waals surface area contributed by atoms with Gasteiger partial charge in [-0.1, -0.05) is 49.3 Å². The van der Waals surface area contributed by atoms with Crippen LogP contribution in [0.25, 0.3) is 0 Å². The summed E-state index contributed by atoms with van der Waals surface area (Å²) in [5.41, 5.74) is 0. The number of hydrogen-bond donors (Lipinski definition) is 0. The van der Waals surface area contributed by atoms with Gasteiger partial charge in [-0.3, -0.25) is 0 Å². The molecule has 0 saturated carbocycles. The van der Waals surface area contributed by atoms with Crippen molar-refractivity contribution in [2.45, 2.75) is 44.9 Å². The minimum absolute atomic E-state index is 1.09. The van der Waals surface area contributed by atoms with E-state index in [0.29, 0.717) is 0 Å². The van der Waals surface area contributed by atoms with E-state index in [2.05, 4.69) is 36.5 Å². The van der Waals surface area contributed by atoms with Gasteiger partial charge >= 0.3 is 0 Å². The fraction of sp³-hybridized carbons (Fsp3) is 0.538. The summed E-state index contributed by atoms with van der Waals surface area (Å²) in [5, 5.41) is 0. The van der Waals surface area contributed by atoms with Gasteiger partial charge in [0.25, 0.3) is 0 Å². The lowest BCUT2D eigenvalue weighted by Gasteiger charge is -1.95. The molecule has 13 heavy (non-hydrogen) atoms. The lowest BCUT2D eigenvalue weighted by Crippen LogP contribution is -1.76. The van der Waals surface area contributed by atoms with Crippen LogP contribution in [0.15, 0.2) is 36.5 Å². The second-order valence-corrected chi connectivity index (χ2v) is 3.55. The zero-order valence-corrected chi connectivity index (χ0v) is 8.41. The molecule has 1 aliphatic rings. The van der Waals surface area contributed by atoms with Crippen molar-refractivity contribution >= 4 is 0 Å². The molecule has 0 radical (unpaired) electrons. The number of allylic oxidation sites excluding steroid dienone is 6. The summed E-state index contributed by atoms with van der Waals surface area (Å²) >= 11 is 0. The van der Waals surface area contributed by atoms with Crippen LogP contribution in [0.1, 0.15) is 44.9 Å². The molecule has 0 aromatic heterocycles. The predicted molar refractivity (Wildman–Crippen MR) is 59.7 cm³/mol. The van der Waals surface area contributed by atoms with Crippen molar-refractivity contribution in [2.24, 2.45) is 0 Å². The van der Waals surface area contributed by atoms with Gasteiger partial charge in [-0.15, -0.1) is 0 Å². The van der Waals surface area contributed by atoms with Crippen LogP contribution in [-0.2, 0) is 0 Å². The van der Waals surface area contributed by atoms with Crippen molar-refractivity contribution < 1.29 is 0 Å². The van der Waals surface area contributed by atoms with Crippen molar-refractivity contribution in [3.8, 4) is 0 Å². The molecule has 1 rings (SSSR count). The molecule has 0 aromatic carbocycles. The molecule has 0 aromatic rings. The Kier molecular flexibility index (Phi) is 6.22. The van der Waals surface area contributed by atoms with Gasteiger partial charge in [0.05, 0.1) is 0 Å². The average molecular weight is 176 g/mol. The van der Waals surface area contributed by atoms with Gasteiger partial charge in [0.1, 0.15) is 0 Å². The molecule has 0 spiro atoms. The molecule has 0 heterocycles. The molecule has 0 unspecified atom stereocenters. The van der Waals surface area contributed by atoms with Crippen molar-refractivity contribution in [3.63, 3.8) is 0 Å². The molecular weight excluding hydrogens is 156 g/mol. The molecule has 0 atom stereocenters. The summed E-state index contributed by atoms with van der Waals surface area (Å²) in [4.78, 5) is 0. The minimum atomic E-state index is 1.09. The maximum Gasteiger partial charge on any atom is -0.0166 e. The molecule has 1 aliphatic carbocycles. The van der Waals surface area contributed by atoms with Crippen LogP contribution < -0.4 is 0 Å². The monoisotopic (exact) mass is 176 g/mol. The SMILES string of the molecule is C1=CCCCCCC/C=C/C=C/C1. The van der Waals surface area contributed by atoms with Crippen molar-refractivity contribution in [1.82, 2.24) is 0 Å². The molecule has 0 nitrogen and oxygen atoms in total. The van der Waals surface area contributed by atoms with Crippen LogP contribution in [0.2, 0.25) is 0 Å². The smallest absolute Gasteiger partial charge is 0.0166 e. The van der Waals surface area contributed by atoms with Gasteiger partial charge in [-0.05, 0) is 32.1 Å². The van der Waals surface area contributed by atoms with E-state index in [9.17, 15) is 0 Å². The van der Waals surface area contributed by atoms with E-state index in [1.54, 1.807) is 0 Å². The van der Waals surface area contributed by atoms with Crippen molar-refractivity contribution in [3.05, 3.63) is 36.5 Å². The summed E-state index contributed by atoms with van der Waals surface area (Å²) in [6.45, 7) is 0. The predicted octanol–water partition coefficient (Wildman–Crippen LogP) is 4.40. The van der Waals surface area contributed by atoms with Gasteiger partial charge in [0, 0.05) is 0 Å². The molecule has 0 bridgehead atoms. The summed E-state index contributed by atoms with van der Waals surface area (Å²) in [7, 11) is 0.